The van der Waals surface area contributed by atoms with Crippen molar-refractivity contribution < 1.29 is 18.7 Å². The number of amides is 2. The number of pyridine rings is 1. The van der Waals surface area contributed by atoms with Gasteiger partial charge in [0.25, 0.3) is 0 Å². The Morgan fingerprint density at radius 1 is 1.02 bits per heavy atom. The number of aromatic nitrogens is 5. The third-order valence-corrected chi connectivity index (χ3v) is 7.92. The average Bonchev–Trinajstić information content (AvgIpc) is 3.45. The lowest BCUT2D eigenvalue weighted by atomic mass is 9.91. The lowest BCUT2D eigenvalue weighted by Gasteiger charge is -2.30. The van der Waals surface area contributed by atoms with Gasteiger partial charge in [-0.15, -0.1) is 0 Å². The molecule has 0 aliphatic heterocycles. The van der Waals surface area contributed by atoms with Crippen LogP contribution in [0.4, 0.5) is 21.0 Å². The summed E-state index contributed by atoms with van der Waals surface area (Å²) >= 11 is 0. The van der Waals surface area contributed by atoms with Crippen LogP contribution in [0.15, 0.2) is 48.9 Å². The van der Waals surface area contributed by atoms with Crippen LogP contribution in [-0.2, 0) is 16.1 Å². The Bertz CT molecular complexity index is 1690. The highest BCUT2D eigenvalue weighted by molar-refractivity contribution is 5.86. The summed E-state index contributed by atoms with van der Waals surface area (Å²) in [5, 5.41) is 12.6. The lowest BCUT2D eigenvalue weighted by Crippen LogP contribution is -2.50. The van der Waals surface area contributed by atoms with Crippen LogP contribution >= 0.6 is 0 Å². The number of hydrogen-bond donors (Lipinski definition) is 4. The molecule has 1 aromatic carbocycles. The standard InChI is InChI=1S/C34H44FN9O3/c1-20(2)44-19-38-28-29(37-18-22-10-15-27(36-17-22)23-8-7-9-24(35)16-23)42-32(43-30(28)44)41-26-13-11-25(12-14-26)40-31(45)21(3)39-33(46)47-34(4,5)6/h7-10,15-17,19-21,25-26H,11-14,18H2,1-6H3,(H,39,46)(H,40,45)(H2,37,41,42,43)/t21-,25?,26?/m0/s1. The molecule has 0 unspecified atom stereocenters. The van der Waals surface area contributed by atoms with Crippen LogP contribution < -0.4 is 21.3 Å². The van der Waals surface area contributed by atoms with Crippen LogP contribution in [0.2, 0.25) is 0 Å². The monoisotopic (exact) mass is 645 g/mol. The van der Waals surface area contributed by atoms with E-state index in [1.54, 1.807) is 46.3 Å². The van der Waals surface area contributed by atoms with E-state index in [9.17, 15) is 14.0 Å². The van der Waals surface area contributed by atoms with E-state index in [0.717, 1.165) is 42.5 Å². The molecule has 1 fully saturated rings. The molecular formula is C34H44FN9O3. The average molecular weight is 646 g/mol. The molecule has 250 valence electrons. The number of fused-ring (bicyclic) bond motifs is 1. The summed E-state index contributed by atoms with van der Waals surface area (Å²) in [6.45, 7) is 11.6. The summed E-state index contributed by atoms with van der Waals surface area (Å²) < 4.78 is 20.9. The van der Waals surface area contributed by atoms with Crippen LogP contribution in [0.25, 0.3) is 22.4 Å². The highest BCUT2D eigenvalue weighted by Gasteiger charge is 2.27. The van der Waals surface area contributed by atoms with Crippen molar-refractivity contribution in [2.24, 2.45) is 0 Å². The van der Waals surface area contributed by atoms with Crippen molar-refractivity contribution in [3.05, 3.63) is 60.3 Å². The van der Waals surface area contributed by atoms with Crippen molar-refractivity contribution in [3.63, 3.8) is 0 Å². The molecule has 4 N–H and O–H groups in total. The summed E-state index contributed by atoms with van der Waals surface area (Å²) in [6.07, 6.45) is 6.11. The number of carbonyl (C=O) groups excluding carboxylic acids is 2. The summed E-state index contributed by atoms with van der Waals surface area (Å²) in [4.78, 5) is 43.6. The Kier molecular flexibility index (Phi) is 10.2. The molecule has 3 aromatic heterocycles. The van der Waals surface area contributed by atoms with Gasteiger partial charge in [-0.2, -0.15) is 9.97 Å². The number of carbonyl (C=O) groups is 2. The zero-order chi connectivity index (χ0) is 33.7. The molecule has 5 rings (SSSR count). The fraction of sp³-hybridized carbons (Fsp3) is 0.471. The van der Waals surface area contributed by atoms with Gasteiger partial charge in [0.15, 0.2) is 17.0 Å². The van der Waals surface area contributed by atoms with Crippen LogP contribution in [-0.4, -0.2) is 60.2 Å². The SMILES string of the molecule is CC(C)n1cnc2c(NCc3ccc(-c4cccc(F)c4)nc3)nc(NC3CCC(NC(=O)[C@H](C)NC(=O)OC(C)(C)C)CC3)nc21. The van der Waals surface area contributed by atoms with E-state index in [1.165, 1.54) is 12.1 Å². The number of nitrogens with one attached hydrogen (secondary N) is 4. The van der Waals surface area contributed by atoms with Gasteiger partial charge in [-0.3, -0.25) is 9.78 Å². The maximum atomic E-state index is 13.7. The molecule has 0 bridgehead atoms. The van der Waals surface area contributed by atoms with E-state index < -0.39 is 17.7 Å². The smallest absolute Gasteiger partial charge is 0.408 e. The quantitative estimate of drug-likeness (QED) is 0.164. The van der Waals surface area contributed by atoms with Gasteiger partial charge in [-0.25, -0.2) is 14.2 Å². The molecule has 0 spiro atoms. The normalized spacial score (nSPS) is 17.3. The number of imidazole rings is 1. The van der Waals surface area contributed by atoms with Crippen molar-refractivity contribution in [1.82, 2.24) is 35.1 Å². The maximum absolute atomic E-state index is 13.7. The minimum atomic E-state index is -0.709. The second-order valence-electron chi connectivity index (χ2n) is 13.3. The Morgan fingerprint density at radius 2 is 1.77 bits per heavy atom. The second-order valence-corrected chi connectivity index (χ2v) is 13.3. The van der Waals surface area contributed by atoms with Gasteiger partial charge in [0.1, 0.15) is 17.5 Å². The first-order valence-corrected chi connectivity index (χ1v) is 16.1. The third kappa shape index (κ3) is 8.93. The number of ether oxygens (including phenoxy) is 1. The zero-order valence-electron chi connectivity index (χ0n) is 27.8. The molecule has 47 heavy (non-hydrogen) atoms. The summed E-state index contributed by atoms with van der Waals surface area (Å²) in [5.74, 6) is 0.577. The van der Waals surface area contributed by atoms with Gasteiger partial charge in [0.05, 0.1) is 12.0 Å². The Balaban J connectivity index is 1.20. The number of alkyl carbamates (subject to hydrolysis) is 1. The Labute approximate surface area is 274 Å². The van der Waals surface area contributed by atoms with Crippen molar-refractivity contribution in [2.45, 2.75) is 104 Å². The number of rotatable bonds is 10. The van der Waals surface area contributed by atoms with Gasteiger partial charge in [0.2, 0.25) is 11.9 Å². The zero-order valence-corrected chi connectivity index (χ0v) is 27.8. The van der Waals surface area contributed by atoms with Crippen molar-refractivity contribution in [2.75, 3.05) is 10.6 Å². The van der Waals surface area contributed by atoms with Gasteiger partial charge in [-0.1, -0.05) is 18.2 Å². The van der Waals surface area contributed by atoms with Crippen molar-refractivity contribution in [1.29, 1.82) is 0 Å². The molecule has 1 aliphatic rings. The highest BCUT2D eigenvalue weighted by atomic mass is 19.1. The number of anilines is 2. The number of nitrogens with zero attached hydrogens (tertiary/aromatic N) is 5. The topological polar surface area (TPSA) is 148 Å². The van der Waals surface area contributed by atoms with E-state index in [4.69, 9.17) is 14.7 Å². The Morgan fingerprint density at radius 3 is 2.43 bits per heavy atom. The molecule has 2 amide bonds. The molecular weight excluding hydrogens is 601 g/mol. The molecule has 1 saturated carbocycles. The lowest BCUT2D eigenvalue weighted by molar-refractivity contribution is -0.123. The van der Waals surface area contributed by atoms with Crippen LogP contribution in [0.5, 0.6) is 0 Å². The molecule has 12 nitrogen and oxygen atoms in total. The van der Waals surface area contributed by atoms with Crippen molar-refractivity contribution >= 4 is 34.9 Å². The van der Waals surface area contributed by atoms with Crippen LogP contribution in [0.1, 0.15) is 78.8 Å². The summed E-state index contributed by atoms with van der Waals surface area (Å²) in [7, 11) is 0. The van der Waals surface area contributed by atoms with Gasteiger partial charge in [-0.05, 0) is 91.0 Å². The van der Waals surface area contributed by atoms with Gasteiger partial charge >= 0.3 is 6.09 Å². The molecule has 1 atom stereocenters. The molecule has 0 saturated heterocycles. The number of halogens is 1. The fourth-order valence-electron chi connectivity index (χ4n) is 5.46. The summed E-state index contributed by atoms with van der Waals surface area (Å²) in [6, 6.07) is 9.78. The number of hydrogen-bond acceptors (Lipinski definition) is 9. The first-order valence-electron chi connectivity index (χ1n) is 16.1. The van der Waals surface area contributed by atoms with E-state index in [2.05, 4.69) is 45.1 Å². The highest BCUT2D eigenvalue weighted by Crippen LogP contribution is 2.27. The van der Waals surface area contributed by atoms with Crippen LogP contribution in [0, 0.1) is 5.82 Å². The molecule has 0 radical (unpaired) electrons. The van der Waals surface area contributed by atoms with Crippen molar-refractivity contribution in [3.8, 4) is 11.3 Å². The molecule has 1 aliphatic carbocycles. The summed E-state index contributed by atoms with van der Waals surface area (Å²) in [5.41, 5.74) is 3.12. The largest absolute Gasteiger partial charge is 0.444 e. The van der Waals surface area contributed by atoms with Gasteiger partial charge in [0, 0.05) is 36.4 Å². The first-order chi connectivity index (χ1) is 22.3. The molecule has 4 aromatic rings. The minimum Gasteiger partial charge on any atom is -0.444 e. The van der Waals surface area contributed by atoms with E-state index in [-0.39, 0.29) is 29.8 Å². The predicted molar refractivity (Wildman–Crippen MR) is 179 cm³/mol. The minimum absolute atomic E-state index is 0.00680. The Hall–Kier alpha value is -4.81. The second kappa shape index (κ2) is 14.3. The third-order valence-electron chi connectivity index (χ3n) is 7.92. The molecule has 13 heteroatoms. The number of benzene rings is 1. The fourth-order valence-corrected chi connectivity index (χ4v) is 5.46. The van der Waals surface area contributed by atoms with Crippen LogP contribution in [0.3, 0.4) is 0 Å². The van der Waals surface area contributed by atoms with Gasteiger partial charge < -0.3 is 30.6 Å². The predicted octanol–water partition coefficient (Wildman–Crippen LogP) is 5.97. The maximum Gasteiger partial charge on any atom is 0.408 e. The first kappa shape index (κ1) is 33.6. The van der Waals surface area contributed by atoms with E-state index >= 15 is 0 Å². The van der Waals surface area contributed by atoms with E-state index in [0.29, 0.717) is 29.5 Å². The van der Waals surface area contributed by atoms with E-state index in [1.807, 2.05) is 22.8 Å². The molecule has 3 heterocycles.